The predicted molar refractivity (Wildman–Crippen MR) is 53.2 cm³/mol. The van der Waals surface area contributed by atoms with Gasteiger partial charge in [-0.15, -0.1) is 0 Å². The minimum atomic E-state index is -0.583. The number of amides is 1. The lowest BCUT2D eigenvalue weighted by molar-refractivity contribution is 0.0843. The molecule has 6 heteroatoms. The summed E-state index contributed by atoms with van der Waals surface area (Å²) < 4.78 is 7.54. The van der Waals surface area contributed by atoms with Gasteiger partial charge < -0.3 is 10.4 Å². The summed E-state index contributed by atoms with van der Waals surface area (Å²) in [5.41, 5.74) is -0.288. The van der Waals surface area contributed by atoms with Gasteiger partial charge in [0, 0.05) is 0 Å². The number of carbonyl (C=O) groups is 1. The number of hydrogen-bond acceptors (Lipinski definition) is 5. The Morgan fingerprint density at radius 3 is 2.93 bits per heavy atom. The van der Waals surface area contributed by atoms with Crippen LogP contribution in [-0.4, -0.2) is 31.9 Å². The van der Waals surface area contributed by atoms with Crippen molar-refractivity contribution in [3.63, 3.8) is 0 Å². The molecule has 0 aliphatic heterocycles. The Morgan fingerprint density at radius 2 is 2.50 bits per heavy atom. The third kappa shape index (κ3) is 2.49. The fraction of sp³-hybridized carbons (Fsp3) is 0.625. The number of aliphatic hydroxyl groups is 1. The summed E-state index contributed by atoms with van der Waals surface area (Å²) in [5, 5.41) is 11.8. The summed E-state index contributed by atoms with van der Waals surface area (Å²) >= 11 is 0.986. The molecule has 0 bridgehead atoms. The monoisotopic (exact) mass is 215 g/mol. The largest absolute Gasteiger partial charge is 0.394 e. The summed E-state index contributed by atoms with van der Waals surface area (Å²) in [7, 11) is 0. The highest BCUT2D eigenvalue weighted by Gasteiger charge is 2.24. The van der Waals surface area contributed by atoms with Gasteiger partial charge in [-0.1, -0.05) is 6.92 Å². The molecule has 0 saturated carbocycles. The number of hydrogen-bond donors (Lipinski definition) is 2. The van der Waals surface area contributed by atoms with Crippen molar-refractivity contribution in [2.45, 2.75) is 25.8 Å². The smallest absolute Gasteiger partial charge is 0.273 e. The molecule has 78 valence electrons. The van der Waals surface area contributed by atoms with Gasteiger partial charge in [-0.3, -0.25) is 4.79 Å². The molecule has 5 nitrogen and oxygen atoms in total. The molecule has 14 heavy (non-hydrogen) atoms. The van der Waals surface area contributed by atoms with Crippen LogP contribution in [0.1, 0.15) is 30.8 Å². The summed E-state index contributed by atoms with van der Waals surface area (Å²) in [6, 6.07) is 0. The van der Waals surface area contributed by atoms with Gasteiger partial charge in [0.2, 0.25) is 0 Å². The van der Waals surface area contributed by atoms with Crippen LogP contribution in [0.4, 0.5) is 0 Å². The van der Waals surface area contributed by atoms with Crippen molar-refractivity contribution < 1.29 is 9.90 Å². The standard InChI is InChI=1S/C8H13N3O2S/c1-3-8(2,5-12)10-7(13)6-4-9-14-11-6/h4,12H,3,5H2,1-2H3,(H,10,13). The molecule has 2 N–H and O–H groups in total. The molecule has 1 aromatic heterocycles. The number of aromatic nitrogens is 2. The van der Waals surface area contributed by atoms with Crippen LogP contribution in [0, 0.1) is 0 Å². The Kier molecular flexibility index (Phi) is 3.54. The molecule has 1 atom stereocenters. The van der Waals surface area contributed by atoms with Crippen LogP contribution in [0.5, 0.6) is 0 Å². The van der Waals surface area contributed by atoms with Crippen molar-refractivity contribution >= 4 is 17.6 Å². The zero-order chi connectivity index (χ0) is 10.6. The zero-order valence-corrected chi connectivity index (χ0v) is 8.97. The summed E-state index contributed by atoms with van der Waals surface area (Å²) in [4.78, 5) is 11.5. The van der Waals surface area contributed by atoms with Crippen molar-refractivity contribution in [2.24, 2.45) is 0 Å². The molecule has 0 spiro atoms. The summed E-state index contributed by atoms with van der Waals surface area (Å²) in [6.45, 7) is 3.59. The van der Waals surface area contributed by atoms with Gasteiger partial charge in [-0.05, 0) is 13.3 Å². The van der Waals surface area contributed by atoms with Gasteiger partial charge in [-0.25, -0.2) is 0 Å². The van der Waals surface area contributed by atoms with Crippen LogP contribution in [-0.2, 0) is 0 Å². The Hall–Kier alpha value is -1.01. The van der Waals surface area contributed by atoms with Gasteiger partial charge in [0.05, 0.1) is 30.1 Å². The molecule has 1 rings (SSSR count). The molecule has 0 aliphatic carbocycles. The van der Waals surface area contributed by atoms with Gasteiger partial charge in [0.25, 0.3) is 5.91 Å². The van der Waals surface area contributed by atoms with E-state index in [0.717, 1.165) is 11.7 Å². The average molecular weight is 215 g/mol. The SMILES string of the molecule is CCC(C)(CO)NC(=O)c1cnsn1. The Labute approximate surface area is 86.5 Å². The third-order valence-electron chi connectivity index (χ3n) is 2.14. The molecule has 0 fully saturated rings. The van der Waals surface area contributed by atoms with Gasteiger partial charge >= 0.3 is 0 Å². The van der Waals surface area contributed by atoms with E-state index in [2.05, 4.69) is 14.1 Å². The van der Waals surface area contributed by atoms with Crippen LogP contribution < -0.4 is 5.32 Å². The van der Waals surface area contributed by atoms with Crippen LogP contribution in [0.25, 0.3) is 0 Å². The van der Waals surface area contributed by atoms with Gasteiger partial charge in [0.15, 0.2) is 5.69 Å². The number of aliphatic hydroxyl groups excluding tert-OH is 1. The summed E-state index contributed by atoms with van der Waals surface area (Å²) in [5.74, 6) is -0.294. The normalized spacial score (nSPS) is 14.8. The number of nitrogens with zero attached hydrogens (tertiary/aromatic N) is 2. The lowest BCUT2D eigenvalue weighted by Gasteiger charge is -2.26. The topological polar surface area (TPSA) is 75.1 Å². The van der Waals surface area contributed by atoms with Crippen molar-refractivity contribution in [1.82, 2.24) is 14.1 Å². The molecule has 0 aromatic carbocycles. The van der Waals surface area contributed by atoms with E-state index in [-0.39, 0.29) is 12.5 Å². The first kappa shape index (κ1) is 11.1. The van der Waals surface area contributed by atoms with E-state index >= 15 is 0 Å². The van der Waals surface area contributed by atoms with E-state index in [1.54, 1.807) is 6.92 Å². The molecular weight excluding hydrogens is 202 g/mol. The van der Waals surface area contributed by atoms with Gasteiger partial charge in [-0.2, -0.15) is 8.75 Å². The predicted octanol–water partition coefficient (Wildman–Crippen LogP) is 0.429. The van der Waals surface area contributed by atoms with Crippen molar-refractivity contribution in [1.29, 1.82) is 0 Å². The van der Waals surface area contributed by atoms with Crippen molar-refractivity contribution in [3.05, 3.63) is 11.9 Å². The van der Waals surface area contributed by atoms with Crippen molar-refractivity contribution in [3.8, 4) is 0 Å². The van der Waals surface area contributed by atoms with Crippen LogP contribution >= 0.6 is 11.7 Å². The number of carbonyl (C=O) groups excluding carboxylic acids is 1. The lowest BCUT2D eigenvalue weighted by Crippen LogP contribution is -2.48. The first-order valence-electron chi connectivity index (χ1n) is 4.32. The highest BCUT2D eigenvalue weighted by atomic mass is 32.1. The highest BCUT2D eigenvalue weighted by Crippen LogP contribution is 2.08. The molecule has 1 heterocycles. The molecular formula is C8H13N3O2S. The molecule has 0 saturated heterocycles. The zero-order valence-electron chi connectivity index (χ0n) is 8.15. The minimum Gasteiger partial charge on any atom is -0.394 e. The highest BCUT2D eigenvalue weighted by molar-refractivity contribution is 6.99. The Bertz CT molecular complexity index is 296. The molecule has 0 radical (unpaired) electrons. The minimum absolute atomic E-state index is 0.0905. The number of rotatable bonds is 4. The maximum atomic E-state index is 11.5. The van der Waals surface area contributed by atoms with E-state index in [0.29, 0.717) is 12.1 Å². The number of nitrogens with one attached hydrogen (secondary N) is 1. The van der Waals surface area contributed by atoms with Gasteiger partial charge in [0.1, 0.15) is 0 Å². The van der Waals surface area contributed by atoms with E-state index in [1.807, 2.05) is 6.92 Å². The average Bonchev–Trinajstić information content (AvgIpc) is 2.70. The second kappa shape index (κ2) is 4.47. The Balaban J connectivity index is 2.65. The molecule has 1 amide bonds. The quantitative estimate of drug-likeness (QED) is 0.763. The second-order valence-corrected chi connectivity index (χ2v) is 3.88. The van der Waals surface area contributed by atoms with E-state index in [9.17, 15) is 4.79 Å². The maximum absolute atomic E-state index is 11.5. The van der Waals surface area contributed by atoms with E-state index in [1.165, 1.54) is 6.20 Å². The summed E-state index contributed by atoms with van der Waals surface area (Å²) in [6.07, 6.45) is 2.07. The Morgan fingerprint density at radius 1 is 1.79 bits per heavy atom. The second-order valence-electron chi connectivity index (χ2n) is 3.32. The lowest BCUT2D eigenvalue weighted by atomic mass is 10.0. The van der Waals surface area contributed by atoms with E-state index in [4.69, 9.17) is 5.11 Å². The van der Waals surface area contributed by atoms with Crippen molar-refractivity contribution in [2.75, 3.05) is 6.61 Å². The first-order valence-corrected chi connectivity index (χ1v) is 5.05. The molecule has 1 aromatic rings. The maximum Gasteiger partial charge on any atom is 0.273 e. The van der Waals surface area contributed by atoms with Crippen LogP contribution in [0.3, 0.4) is 0 Å². The third-order valence-corrected chi connectivity index (χ3v) is 2.62. The van der Waals surface area contributed by atoms with Crippen LogP contribution in [0.2, 0.25) is 0 Å². The molecule has 0 aliphatic rings. The molecule has 1 unspecified atom stereocenters. The van der Waals surface area contributed by atoms with E-state index < -0.39 is 5.54 Å². The fourth-order valence-corrected chi connectivity index (χ4v) is 1.25. The van der Waals surface area contributed by atoms with Crippen LogP contribution in [0.15, 0.2) is 6.20 Å². The fourth-order valence-electron chi connectivity index (χ4n) is 0.843. The first-order chi connectivity index (χ1) is 6.61.